The third kappa shape index (κ3) is 5.04. The Kier molecular flexibility index (Phi) is 6.46. The Morgan fingerprint density at radius 1 is 1.45 bits per heavy atom. The molecule has 1 amide bonds. The summed E-state index contributed by atoms with van der Waals surface area (Å²) in [5, 5.41) is 0. The van der Waals surface area contributed by atoms with Crippen molar-refractivity contribution in [2.24, 2.45) is 5.73 Å². The summed E-state index contributed by atoms with van der Waals surface area (Å²) in [7, 11) is 0. The van der Waals surface area contributed by atoms with E-state index < -0.39 is 12.1 Å². The summed E-state index contributed by atoms with van der Waals surface area (Å²) in [5.74, 6) is -0.790. The molecule has 0 spiro atoms. The summed E-state index contributed by atoms with van der Waals surface area (Å²) < 4.78 is 45.7. The molecule has 5 nitrogen and oxygen atoms in total. The van der Waals surface area contributed by atoms with E-state index in [-0.39, 0.29) is 36.5 Å². The van der Waals surface area contributed by atoms with Crippen LogP contribution in [0.25, 0.3) is 0 Å². The molecule has 0 saturated carbocycles. The average molecular weight is 341 g/mol. The van der Waals surface area contributed by atoms with Gasteiger partial charge < -0.3 is 20.1 Å². The third-order valence-electron chi connectivity index (χ3n) is 3.00. The lowest BCUT2D eigenvalue weighted by Gasteiger charge is -2.32. The lowest BCUT2D eigenvalue weighted by Crippen LogP contribution is -2.48. The second-order valence-electron chi connectivity index (χ2n) is 4.56. The Morgan fingerprint density at radius 2 is 2.18 bits per heavy atom. The Hall–Kier alpha value is -1.51. The van der Waals surface area contributed by atoms with Gasteiger partial charge >= 0.3 is 6.36 Å². The smallest absolute Gasteiger partial charge is 0.406 e. The van der Waals surface area contributed by atoms with Gasteiger partial charge in [0.1, 0.15) is 5.75 Å². The number of halogens is 4. The molecule has 22 heavy (non-hydrogen) atoms. The fourth-order valence-corrected chi connectivity index (χ4v) is 2.06. The van der Waals surface area contributed by atoms with Crippen molar-refractivity contribution in [2.75, 3.05) is 26.2 Å². The van der Waals surface area contributed by atoms with Crippen LogP contribution in [0.3, 0.4) is 0 Å². The molecular weight excluding hydrogens is 325 g/mol. The highest BCUT2D eigenvalue weighted by atomic mass is 35.5. The number of benzene rings is 1. The molecule has 0 aliphatic carbocycles. The van der Waals surface area contributed by atoms with Gasteiger partial charge in [0.2, 0.25) is 0 Å². The SMILES string of the molecule is Cl.NCC1CN(C(=O)c2cccc(OC(F)(F)F)c2)CCO1. The van der Waals surface area contributed by atoms with Crippen LogP contribution in [0.5, 0.6) is 5.75 Å². The molecule has 9 heteroatoms. The van der Waals surface area contributed by atoms with Crippen molar-refractivity contribution >= 4 is 18.3 Å². The largest absolute Gasteiger partial charge is 0.573 e. The Balaban J connectivity index is 0.00000242. The first-order chi connectivity index (χ1) is 9.89. The van der Waals surface area contributed by atoms with Crippen molar-refractivity contribution in [1.29, 1.82) is 0 Å². The van der Waals surface area contributed by atoms with Gasteiger partial charge in [0.15, 0.2) is 0 Å². The number of hydrogen-bond donors (Lipinski definition) is 1. The molecule has 1 aromatic rings. The number of ether oxygens (including phenoxy) is 2. The van der Waals surface area contributed by atoms with Crippen molar-refractivity contribution in [2.45, 2.75) is 12.5 Å². The van der Waals surface area contributed by atoms with Gasteiger partial charge in [0.05, 0.1) is 12.7 Å². The maximum atomic E-state index is 12.3. The highest BCUT2D eigenvalue weighted by Gasteiger charge is 2.31. The molecule has 1 aliphatic heterocycles. The van der Waals surface area contributed by atoms with E-state index in [0.717, 1.165) is 12.1 Å². The first-order valence-electron chi connectivity index (χ1n) is 6.36. The molecule has 0 bridgehead atoms. The summed E-state index contributed by atoms with van der Waals surface area (Å²) in [5.41, 5.74) is 5.62. The van der Waals surface area contributed by atoms with Crippen LogP contribution in [0.15, 0.2) is 24.3 Å². The summed E-state index contributed by atoms with van der Waals surface area (Å²) in [4.78, 5) is 13.8. The maximum absolute atomic E-state index is 12.3. The highest BCUT2D eigenvalue weighted by Crippen LogP contribution is 2.24. The summed E-state index contributed by atoms with van der Waals surface area (Å²) in [6, 6.07) is 5.00. The molecule has 1 saturated heterocycles. The van der Waals surface area contributed by atoms with Gasteiger partial charge in [0, 0.05) is 25.2 Å². The van der Waals surface area contributed by atoms with Crippen LogP contribution in [-0.4, -0.2) is 49.5 Å². The fourth-order valence-electron chi connectivity index (χ4n) is 2.06. The summed E-state index contributed by atoms with van der Waals surface area (Å²) >= 11 is 0. The van der Waals surface area contributed by atoms with Crippen LogP contribution in [0.1, 0.15) is 10.4 Å². The number of hydrogen-bond acceptors (Lipinski definition) is 4. The minimum atomic E-state index is -4.79. The van der Waals surface area contributed by atoms with E-state index in [9.17, 15) is 18.0 Å². The number of amides is 1. The van der Waals surface area contributed by atoms with Crippen LogP contribution in [0, 0.1) is 0 Å². The van der Waals surface area contributed by atoms with Gasteiger partial charge in [-0.05, 0) is 18.2 Å². The van der Waals surface area contributed by atoms with Crippen LogP contribution >= 0.6 is 12.4 Å². The predicted octanol–water partition coefficient (Wildman–Crippen LogP) is 1.81. The number of carbonyl (C=O) groups is 1. The number of nitrogens with zero attached hydrogens (tertiary/aromatic N) is 1. The van der Waals surface area contributed by atoms with Crippen molar-refractivity contribution < 1.29 is 27.4 Å². The molecule has 1 atom stereocenters. The zero-order chi connectivity index (χ0) is 15.5. The first-order valence-corrected chi connectivity index (χ1v) is 6.36. The molecule has 0 radical (unpaired) electrons. The standard InChI is InChI=1S/C13H15F3N2O3.ClH/c14-13(15,16)21-10-3-1-2-9(6-10)12(19)18-4-5-20-11(7-17)8-18;/h1-3,6,11H,4-5,7-8,17H2;1H. The van der Waals surface area contributed by atoms with Crippen LogP contribution in [0.2, 0.25) is 0 Å². The lowest BCUT2D eigenvalue weighted by molar-refractivity contribution is -0.274. The predicted molar refractivity (Wildman–Crippen MR) is 75.1 cm³/mol. The third-order valence-corrected chi connectivity index (χ3v) is 3.00. The molecule has 1 heterocycles. The van der Waals surface area contributed by atoms with E-state index >= 15 is 0 Å². The van der Waals surface area contributed by atoms with Gasteiger partial charge in [-0.15, -0.1) is 25.6 Å². The topological polar surface area (TPSA) is 64.8 Å². The molecule has 0 aromatic heterocycles. The highest BCUT2D eigenvalue weighted by molar-refractivity contribution is 5.94. The Morgan fingerprint density at radius 3 is 2.82 bits per heavy atom. The Labute approximate surface area is 131 Å². The van der Waals surface area contributed by atoms with Crippen LogP contribution in [0.4, 0.5) is 13.2 Å². The van der Waals surface area contributed by atoms with Gasteiger partial charge in [-0.25, -0.2) is 0 Å². The number of carbonyl (C=O) groups excluding carboxylic acids is 1. The Bertz CT molecular complexity index is 514. The molecule has 1 fully saturated rings. The normalized spacial score (nSPS) is 18.5. The molecule has 1 aromatic carbocycles. The van der Waals surface area contributed by atoms with Crippen molar-refractivity contribution in [3.05, 3.63) is 29.8 Å². The van der Waals surface area contributed by atoms with E-state index in [1.54, 1.807) is 0 Å². The number of rotatable bonds is 3. The molecule has 1 unspecified atom stereocenters. The van der Waals surface area contributed by atoms with E-state index in [0.29, 0.717) is 19.7 Å². The van der Waals surface area contributed by atoms with Crippen molar-refractivity contribution in [3.63, 3.8) is 0 Å². The van der Waals surface area contributed by atoms with Crippen LogP contribution < -0.4 is 10.5 Å². The second-order valence-corrected chi connectivity index (χ2v) is 4.56. The zero-order valence-corrected chi connectivity index (χ0v) is 12.3. The summed E-state index contributed by atoms with van der Waals surface area (Å²) in [6.45, 7) is 1.33. The molecule has 2 N–H and O–H groups in total. The van der Waals surface area contributed by atoms with E-state index in [1.807, 2.05) is 0 Å². The van der Waals surface area contributed by atoms with E-state index in [2.05, 4.69) is 4.74 Å². The van der Waals surface area contributed by atoms with Crippen molar-refractivity contribution in [1.82, 2.24) is 4.90 Å². The van der Waals surface area contributed by atoms with Gasteiger partial charge in [-0.1, -0.05) is 6.07 Å². The zero-order valence-electron chi connectivity index (χ0n) is 11.5. The second kappa shape index (κ2) is 7.66. The monoisotopic (exact) mass is 340 g/mol. The van der Waals surface area contributed by atoms with E-state index in [1.165, 1.54) is 17.0 Å². The molecule has 124 valence electrons. The molecular formula is C13H16ClF3N2O3. The maximum Gasteiger partial charge on any atom is 0.573 e. The average Bonchev–Trinajstić information content (AvgIpc) is 2.45. The van der Waals surface area contributed by atoms with Gasteiger partial charge in [-0.3, -0.25) is 4.79 Å². The first kappa shape index (κ1) is 18.5. The van der Waals surface area contributed by atoms with Gasteiger partial charge in [-0.2, -0.15) is 0 Å². The van der Waals surface area contributed by atoms with E-state index in [4.69, 9.17) is 10.5 Å². The van der Waals surface area contributed by atoms with Gasteiger partial charge in [0.25, 0.3) is 5.91 Å². The number of alkyl halides is 3. The fraction of sp³-hybridized carbons (Fsp3) is 0.462. The molecule has 1 aliphatic rings. The number of nitrogens with two attached hydrogens (primary N) is 1. The number of morpholine rings is 1. The molecule has 2 rings (SSSR count). The minimum Gasteiger partial charge on any atom is -0.406 e. The quantitative estimate of drug-likeness (QED) is 0.911. The minimum absolute atomic E-state index is 0. The summed E-state index contributed by atoms with van der Waals surface area (Å²) in [6.07, 6.45) is -5.04. The van der Waals surface area contributed by atoms with Crippen LogP contribution in [-0.2, 0) is 4.74 Å². The van der Waals surface area contributed by atoms with Crippen molar-refractivity contribution in [3.8, 4) is 5.75 Å². The lowest BCUT2D eigenvalue weighted by atomic mass is 10.1.